The van der Waals surface area contributed by atoms with Crippen molar-refractivity contribution in [2.24, 2.45) is 0 Å². The van der Waals surface area contributed by atoms with E-state index in [9.17, 15) is 0 Å². The first-order valence-corrected chi connectivity index (χ1v) is 2.63. The van der Waals surface area contributed by atoms with Gasteiger partial charge in [0, 0.05) is 5.88 Å². The Morgan fingerprint density at radius 2 is 2.00 bits per heavy atom. The molecule has 0 atom stereocenters. The molecule has 0 aromatic heterocycles. The van der Waals surface area contributed by atoms with Crippen molar-refractivity contribution in [3.05, 3.63) is 12.7 Å². The summed E-state index contributed by atoms with van der Waals surface area (Å²) < 4.78 is 0. The maximum absolute atomic E-state index is 7.00. The molecule has 1 radical (unpaired) electrons. The molecule has 47 valence electrons. The van der Waals surface area contributed by atoms with Gasteiger partial charge in [-0.05, 0) is 6.42 Å². The molecule has 2 nitrogen and oxygen atoms in total. The zero-order valence-corrected chi connectivity index (χ0v) is 5.30. The van der Waals surface area contributed by atoms with Crippen LogP contribution in [0.3, 0.4) is 0 Å². The molecule has 0 rings (SSSR count). The lowest BCUT2D eigenvalue weighted by molar-refractivity contribution is 0.448. The van der Waals surface area contributed by atoms with Crippen molar-refractivity contribution in [2.75, 3.05) is 5.88 Å². The monoisotopic (exact) mass is 135 g/mol. The molecular weight excluding hydrogens is 126 g/mol. The lowest BCUT2D eigenvalue weighted by Crippen LogP contribution is -1.75. The van der Waals surface area contributed by atoms with Crippen LogP contribution in [0.5, 0.6) is 0 Å². The molecule has 0 aliphatic carbocycles. The zero-order valence-electron chi connectivity index (χ0n) is 4.55. The minimum Gasteiger partial charge on any atom is -0.429 e. The molecule has 0 aliphatic heterocycles. The van der Waals surface area contributed by atoms with Crippen LogP contribution in [-0.4, -0.2) is 23.6 Å². The third-order valence-electron chi connectivity index (χ3n) is 0.313. The molecule has 0 bridgehead atoms. The van der Waals surface area contributed by atoms with Crippen LogP contribution < -0.4 is 0 Å². The van der Waals surface area contributed by atoms with Crippen LogP contribution >= 0.6 is 11.6 Å². The van der Waals surface area contributed by atoms with Gasteiger partial charge in [-0.25, -0.2) is 0 Å². The van der Waals surface area contributed by atoms with Gasteiger partial charge in [0.25, 0.3) is 0 Å². The predicted octanol–water partition coefficient (Wildman–Crippen LogP) is 0.307. The molecule has 4 heteroatoms. The molecule has 2 N–H and O–H groups in total. The van der Waals surface area contributed by atoms with Gasteiger partial charge >= 0.3 is 7.69 Å². The topological polar surface area (TPSA) is 40.5 Å². The number of alkyl halides is 1. The van der Waals surface area contributed by atoms with Crippen LogP contribution in [0.1, 0.15) is 6.42 Å². The van der Waals surface area contributed by atoms with E-state index in [1.165, 1.54) is 0 Å². The average molecular weight is 135 g/mol. The fourth-order valence-electron chi connectivity index (χ4n) is 0.0772. The molecule has 0 saturated carbocycles. The van der Waals surface area contributed by atoms with E-state index in [1.54, 1.807) is 6.08 Å². The maximum atomic E-state index is 7.00. The molecule has 0 amide bonds. The predicted molar refractivity (Wildman–Crippen MR) is 35.7 cm³/mol. The van der Waals surface area contributed by atoms with E-state index in [4.69, 9.17) is 21.6 Å². The highest BCUT2D eigenvalue weighted by Crippen LogP contribution is 1.80. The summed E-state index contributed by atoms with van der Waals surface area (Å²) in [5, 5.41) is 14.0. The molecule has 8 heavy (non-hydrogen) atoms. The summed E-state index contributed by atoms with van der Waals surface area (Å²) in [4.78, 5) is 0. The van der Waals surface area contributed by atoms with Crippen LogP contribution in [0.15, 0.2) is 12.7 Å². The highest BCUT2D eigenvalue weighted by Gasteiger charge is 1.64. The minimum atomic E-state index is 0. The van der Waals surface area contributed by atoms with Gasteiger partial charge in [0.05, 0.1) is 0 Å². The van der Waals surface area contributed by atoms with Gasteiger partial charge in [-0.1, -0.05) is 6.08 Å². The van der Waals surface area contributed by atoms with Gasteiger partial charge in [-0.3, -0.25) is 0 Å². The Bertz CT molecular complexity index is 43.0. The van der Waals surface area contributed by atoms with Crippen LogP contribution in [0, 0.1) is 0 Å². The molecule has 0 saturated heterocycles. The standard InChI is InChI=1S/C4H7Cl.BH2O2/c1-2-3-4-5;2-1-3/h2H,1,3-4H2;2-3H. The SMILES string of the molecule is C=CCCCl.O[B]O. The Morgan fingerprint density at radius 1 is 1.62 bits per heavy atom. The highest BCUT2D eigenvalue weighted by molar-refractivity contribution is 6.17. The van der Waals surface area contributed by atoms with Gasteiger partial charge in [-0.15, -0.1) is 18.2 Å². The van der Waals surface area contributed by atoms with Gasteiger partial charge in [0.1, 0.15) is 0 Å². The Kier molecular flexibility index (Phi) is 21.5. The first-order valence-electron chi connectivity index (χ1n) is 2.10. The fraction of sp³-hybridized carbons (Fsp3) is 0.500. The van der Waals surface area contributed by atoms with Crippen molar-refractivity contribution in [3.8, 4) is 0 Å². The highest BCUT2D eigenvalue weighted by atomic mass is 35.5. The van der Waals surface area contributed by atoms with Crippen LogP contribution in [-0.2, 0) is 0 Å². The molecule has 0 aromatic rings. The Balaban J connectivity index is 0. The third-order valence-corrected chi connectivity index (χ3v) is 0.531. The zero-order chi connectivity index (χ0) is 6.83. The van der Waals surface area contributed by atoms with Crippen LogP contribution in [0.25, 0.3) is 0 Å². The summed E-state index contributed by atoms with van der Waals surface area (Å²) >= 11 is 5.23. The normalized spacial score (nSPS) is 6.38. The molecular formula is C4H9BClO2. The van der Waals surface area contributed by atoms with Gasteiger partial charge in [-0.2, -0.15) is 0 Å². The van der Waals surface area contributed by atoms with E-state index >= 15 is 0 Å². The van der Waals surface area contributed by atoms with E-state index in [0.717, 1.165) is 6.42 Å². The number of halogens is 1. The first kappa shape index (κ1) is 10.9. The Morgan fingerprint density at radius 3 is 2.00 bits per heavy atom. The van der Waals surface area contributed by atoms with E-state index in [-0.39, 0.29) is 7.69 Å². The number of allylic oxidation sites excluding steroid dienone is 1. The molecule has 0 heterocycles. The summed E-state index contributed by atoms with van der Waals surface area (Å²) in [5.41, 5.74) is 0. The number of rotatable bonds is 2. The van der Waals surface area contributed by atoms with E-state index < -0.39 is 0 Å². The average Bonchev–Trinajstić information content (AvgIpc) is 1.71. The summed E-state index contributed by atoms with van der Waals surface area (Å²) in [6.45, 7) is 3.47. The van der Waals surface area contributed by atoms with Crippen molar-refractivity contribution in [1.29, 1.82) is 0 Å². The molecule has 0 fully saturated rings. The summed E-state index contributed by atoms with van der Waals surface area (Å²) in [6.07, 6.45) is 2.72. The second kappa shape index (κ2) is 15.7. The summed E-state index contributed by atoms with van der Waals surface area (Å²) in [5.74, 6) is 0.698. The summed E-state index contributed by atoms with van der Waals surface area (Å²) in [6, 6.07) is 0. The van der Waals surface area contributed by atoms with Crippen molar-refractivity contribution in [3.63, 3.8) is 0 Å². The van der Waals surface area contributed by atoms with Gasteiger partial charge < -0.3 is 10.0 Å². The van der Waals surface area contributed by atoms with Crippen molar-refractivity contribution < 1.29 is 10.0 Å². The van der Waals surface area contributed by atoms with Crippen LogP contribution in [0.2, 0.25) is 0 Å². The third kappa shape index (κ3) is 37.3. The lowest BCUT2D eigenvalue weighted by Gasteiger charge is -1.70. The number of hydrogen-bond donors (Lipinski definition) is 2. The van der Waals surface area contributed by atoms with Crippen molar-refractivity contribution in [1.82, 2.24) is 0 Å². The lowest BCUT2D eigenvalue weighted by atomic mass is 10.5. The van der Waals surface area contributed by atoms with Crippen molar-refractivity contribution in [2.45, 2.75) is 6.42 Å². The maximum Gasteiger partial charge on any atom is 0.482 e. The van der Waals surface area contributed by atoms with Crippen molar-refractivity contribution >= 4 is 19.3 Å². The second-order valence-electron chi connectivity index (χ2n) is 0.882. The van der Waals surface area contributed by atoms with Crippen LogP contribution in [0.4, 0.5) is 0 Å². The first-order chi connectivity index (χ1) is 3.83. The minimum absolute atomic E-state index is 0. The largest absolute Gasteiger partial charge is 0.482 e. The van der Waals surface area contributed by atoms with E-state index in [2.05, 4.69) is 6.58 Å². The smallest absolute Gasteiger partial charge is 0.429 e. The van der Waals surface area contributed by atoms with E-state index in [1.807, 2.05) is 0 Å². The molecule has 0 aliphatic rings. The molecule has 0 spiro atoms. The quantitative estimate of drug-likeness (QED) is 0.325. The fourth-order valence-corrected chi connectivity index (χ4v) is 0.231. The van der Waals surface area contributed by atoms with Gasteiger partial charge in [0.2, 0.25) is 0 Å². The van der Waals surface area contributed by atoms with Gasteiger partial charge in [0.15, 0.2) is 0 Å². The van der Waals surface area contributed by atoms with E-state index in [0.29, 0.717) is 5.88 Å². The molecule has 0 aromatic carbocycles. The second-order valence-corrected chi connectivity index (χ2v) is 1.26. The summed E-state index contributed by atoms with van der Waals surface area (Å²) in [7, 11) is 0. The number of hydrogen-bond acceptors (Lipinski definition) is 2. The Hall–Kier alpha value is 0.0149. The Labute approximate surface area is 55.1 Å². The molecule has 0 unspecified atom stereocenters.